The highest BCUT2D eigenvalue weighted by Gasteiger charge is 2.19. The zero-order valence-electron chi connectivity index (χ0n) is 35.5. The van der Waals surface area contributed by atoms with Gasteiger partial charge in [0.1, 0.15) is 0 Å². The lowest BCUT2D eigenvalue weighted by Crippen LogP contribution is -1.97. The molecule has 12 aromatic rings. The Morgan fingerprint density at radius 1 is 0.368 bits per heavy atom. The van der Waals surface area contributed by atoms with E-state index in [1.54, 1.807) is 11.3 Å². The average molecular weight is 748 g/mol. The van der Waals surface area contributed by atoms with Crippen molar-refractivity contribution in [3.8, 4) is 44.8 Å². The Bertz CT molecular complexity index is 3790. The lowest BCUT2D eigenvalue weighted by Gasteiger charge is -2.14. The number of para-hydroxylation sites is 3. The van der Waals surface area contributed by atoms with Crippen molar-refractivity contribution in [2.75, 3.05) is 0 Å². The summed E-state index contributed by atoms with van der Waals surface area (Å²) < 4.78 is 49.3. The third-order valence-electron chi connectivity index (χ3n) is 11.4. The Kier molecular flexibility index (Phi) is 6.09. The third kappa shape index (κ3) is 4.96. The van der Waals surface area contributed by atoms with Crippen LogP contribution in [0.15, 0.2) is 206 Å². The molecule has 0 bridgehead atoms. The van der Waals surface area contributed by atoms with Crippen molar-refractivity contribution in [3.63, 3.8) is 0 Å². The fourth-order valence-electron chi connectivity index (χ4n) is 8.92. The highest BCUT2D eigenvalue weighted by molar-refractivity contribution is 7.26. The van der Waals surface area contributed by atoms with Gasteiger partial charge in [-0.1, -0.05) is 139 Å². The van der Waals surface area contributed by atoms with Gasteiger partial charge in [0.25, 0.3) is 0 Å². The van der Waals surface area contributed by atoms with Crippen LogP contribution in [0.1, 0.15) is 6.85 Å². The second-order valence-corrected chi connectivity index (χ2v) is 15.6. The van der Waals surface area contributed by atoms with Crippen molar-refractivity contribution in [1.29, 1.82) is 0 Å². The summed E-state index contributed by atoms with van der Waals surface area (Å²) in [6.07, 6.45) is 0. The van der Waals surface area contributed by atoms with Crippen LogP contribution in [0.3, 0.4) is 0 Å². The minimum atomic E-state index is -0.392. The van der Waals surface area contributed by atoms with E-state index in [2.05, 4.69) is 167 Å². The summed E-state index contributed by atoms with van der Waals surface area (Å²) in [5.74, 6) is 0. The molecule has 0 aliphatic heterocycles. The van der Waals surface area contributed by atoms with Gasteiger partial charge in [-0.15, -0.1) is 11.3 Å². The van der Waals surface area contributed by atoms with E-state index in [0.29, 0.717) is 5.56 Å². The Hall–Kier alpha value is -7.20. The topological polar surface area (TPSA) is 9.86 Å². The number of benzene rings is 9. The van der Waals surface area contributed by atoms with E-state index < -0.39 is 6.04 Å². The van der Waals surface area contributed by atoms with E-state index in [0.717, 1.165) is 75.5 Å². The van der Waals surface area contributed by atoms with Crippen molar-refractivity contribution < 1.29 is 6.85 Å². The van der Waals surface area contributed by atoms with Gasteiger partial charge in [-0.05, 0) is 94.5 Å². The molecule has 0 unspecified atom stereocenters. The Morgan fingerprint density at radius 3 is 1.74 bits per heavy atom. The maximum atomic E-state index is 8.80. The maximum Gasteiger partial charge on any atom is 0.0629 e. The molecule has 3 heteroatoms. The molecular formula is C54H34N2S. The molecule has 0 amide bonds. The van der Waals surface area contributed by atoms with E-state index in [4.69, 9.17) is 6.85 Å². The lowest BCUT2D eigenvalue weighted by atomic mass is 9.99. The summed E-state index contributed by atoms with van der Waals surface area (Å²) in [4.78, 5) is 0. The summed E-state index contributed by atoms with van der Waals surface area (Å²) in [5, 5.41) is 6.56. The van der Waals surface area contributed by atoms with E-state index >= 15 is 0 Å². The van der Waals surface area contributed by atoms with Crippen LogP contribution in [0.4, 0.5) is 0 Å². The molecule has 0 aliphatic carbocycles. The summed E-state index contributed by atoms with van der Waals surface area (Å²) in [6, 6.07) is 60.9. The molecule has 57 heavy (non-hydrogen) atoms. The first kappa shape index (κ1) is 27.4. The maximum absolute atomic E-state index is 8.80. The highest BCUT2D eigenvalue weighted by atomic mass is 32.1. The number of hydrogen-bond donors (Lipinski definition) is 0. The quantitative estimate of drug-likeness (QED) is 0.166. The van der Waals surface area contributed by atoms with E-state index in [1.807, 2.05) is 18.2 Å². The van der Waals surface area contributed by atoms with E-state index in [9.17, 15) is 0 Å². The molecule has 2 nitrogen and oxygen atoms in total. The van der Waals surface area contributed by atoms with Crippen molar-refractivity contribution in [2.45, 2.75) is 0 Å². The number of thiophene rings is 1. The molecule has 0 fully saturated rings. The minimum absolute atomic E-state index is 0.199. The van der Waals surface area contributed by atoms with Crippen molar-refractivity contribution in [3.05, 3.63) is 206 Å². The fourth-order valence-corrected chi connectivity index (χ4v) is 10.0. The van der Waals surface area contributed by atoms with Crippen LogP contribution in [0.2, 0.25) is 0 Å². The molecule has 3 aromatic heterocycles. The van der Waals surface area contributed by atoms with Crippen LogP contribution in [0.25, 0.3) is 109 Å². The number of nitrogens with zero attached hydrogens (tertiary/aromatic N) is 2. The van der Waals surface area contributed by atoms with E-state index in [-0.39, 0.29) is 29.7 Å². The average Bonchev–Trinajstić information content (AvgIpc) is 3.98. The minimum Gasteiger partial charge on any atom is -0.309 e. The van der Waals surface area contributed by atoms with Crippen molar-refractivity contribution >= 4 is 75.1 Å². The van der Waals surface area contributed by atoms with Crippen LogP contribution >= 0.6 is 11.3 Å². The fraction of sp³-hybridized carbons (Fsp3) is 0. The van der Waals surface area contributed by atoms with Crippen molar-refractivity contribution in [1.82, 2.24) is 9.13 Å². The summed E-state index contributed by atoms with van der Waals surface area (Å²) >= 11 is 1.64. The first-order chi connectivity index (χ1) is 30.4. The SMILES string of the molecule is [2H]c1c([2H])c([2H])c(-c2cccc3sc4ccc(-n5c6ccccc6c6cc(-c7ccc8c(c7)c7ccccc7n8-c7ccccc7-c7ccccc7)ccc65)cc4c23)c([2H])c1[2H]. The van der Waals surface area contributed by atoms with Gasteiger partial charge < -0.3 is 9.13 Å². The summed E-state index contributed by atoms with van der Waals surface area (Å²) in [6.45, 7) is 0. The molecule has 9 aromatic carbocycles. The molecule has 0 N–H and O–H groups in total. The Balaban J connectivity index is 1.02. The van der Waals surface area contributed by atoms with E-state index in [1.165, 1.54) is 21.9 Å². The summed E-state index contributed by atoms with van der Waals surface area (Å²) in [5.41, 5.74) is 12.1. The number of hydrogen-bond acceptors (Lipinski definition) is 1. The molecule has 0 spiro atoms. The zero-order valence-corrected chi connectivity index (χ0v) is 31.4. The molecule has 3 heterocycles. The van der Waals surface area contributed by atoms with Crippen molar-refractivity contribution in [2.24, 2.45) is 0 Å². The second kappa shape index (κ2) is 12.7. The number of rotatable bonds is 5. The Labute approximate surface area is 340 Å². The first-order valence-electron chi connectivity index (χ1n) is 21.6. The van der Waals surface area contributed by atoms with Gasteiger partial charge in [0.2, 0.25) is 0 Å². The molecule has 0 aliphatic rings. The smallest absolute Gasteiger partial charge is 0.0629 e. The number of aromatic nitrogens is 2. The van der Waals surface area contributed by atoms with Crippen LogP contribution in [0.5, 0.6) is 0 Å². The van der Waals surface area contributed by atoms with Gasteiger partial charge in [-0.3, -0.25) is 0 Å². The molecule has 0 saturated heterocycles. The van der Waals surface area contributed by atoms with Gasteiger partial charge in [0.15, 0.2) is 0 Å². The Morgan fingerprint density at radius 2 is 0.982 bits per heavy atom. The molecule has 0 saturated carbocycles. The highest BCUT2D eigenvalue weighted by Crippen LogP contribution is 2.43. The van der Waals surface area contributed by atoms with Gasteiger partial charge in [-0.2, -0.15) is 0 Å². The number of fused-ring (bicyclic) bond motifs is 9. The normalized spacial score (nSPS) is 13.1. The molecule has 0 atom stereocenters. The van der Waals surface area contributed by atoms with Gasteiger partial charge in [0, 0.05) is 53.0 Å². The predicted molar refractivity (Wildman–Crippen MR) is 244 cm³/mol. The monoisotopic (exact) mass is 747 g/mol. The molecular weight excluding hydrogens is 709 g/mol. The predicted octanol–water partition coefficient (Wildman–Crippen LogP) is 15.2. The zero-order chi connectivity index (χ0) is 41.8. The first-order valence-corrected chi connectivity index (χ1v) is 19.9. The molecule has 12 rings (SSSR count). The standard InChI is InChI=1S/C54H34N2S/c1-3-14-35(15-4-1)40-18-7-10-22-47(40)56-49-24-12-9-20-43(49)45-33-38(27-30-51(45)56)37-26-29-50-44(32-37)42-19-8-11-23-48(42)55(50)39-28-31-52-46(34-39)54-41(21-13-25-53(54)57-52)36-16-5-2-6-17-36/h1-34H/i2D,5D,6D,16D,17D. The van der Waals surface area contributed by atoms with Crippen LogP contribution in [-0.2, 0) is 0 Å². The van der Waals surface area contributed by atoms with Gasteiger partial charge in [-0.25, -0.2) is 0 Å². The van der Waals surface area contributed by atoms with Gasteiger partial charge >= 0.3 is 0 Å². The van der Waals surface area contributed by atoms with Crippen LogP contribution in [0, 0.1) is 0 Å². The molecule has 0 radical (unpaired) electrons. The largest absolute Gasteiger partial charge is 0.309 e. The third-order valence-corrected chi connectivity index (χ3v) is 12.6. The summed E-state index contributed by atoms with van der Waals surface area (Å²) in [7, 11) is 0. The lowest BCUT2D eigenvalue weighted by molar-refractivity contribution is 1.18. The van der Waals surface area contributed by atoms with Crippen LogP contribution in [-0.4, -0.2) is 9.13 Å². The van der Waals surface area contributed by atoms with Gasteiger partial charge in [0.05, 0.1) is 34.6 Å². The second-order valence-electron chi connectivity index (χ2n) is 14.5. The molecule has 266 valence electrons. The van der Waals surface area contributed by atoms with Crippen LogP contribution < -0.4 is 0 Å².